The fraction of sp³-hybridized carbons (Fsp3) is 0. The lowest BCUT2D eigenvalue weighted by Crippen LogP contribution is -2.11. The van der Waals surface area contributed by atoms with E-state index in [1.54, 1.807) is 17.0 Å². The Labute approximate surface area is 156 Å². The Bertz CT molecular complexity index is 1150. The second-order valence-corrected chi connectivity index (χ2v) is 6.15. The molecule has 0 unspecified atom stereocenters. The van der Waals surface area contributed by atoms with Gasteiger partial charge in [-0.15, -0.1) is 11.3 Å². The van der Waals surface area contributed by atoms with Crippen LogP contribution in [0.1, 0.15) is 5.76 Å². The number of para-hydroxylation sites is 1. The topological polar surface area (TPSA) is 99.1 Å². The molecule has 0 spiro atoms. The van der Waals surface area contributed by atoms with Gasteiger partial charge in [-0.05, 0) is 30.3 Å². The molecule has 134 valence electrons. The van der Waals surface area contributed by atoms with Gasteiger partial charge in [0.05, 0.1) is 24.2 Å². The Morgan fingerprint density at radius 3 is 2.67 bits per heavy atom. The maximum atomic E-state index is 10.8. The first-order chi connectivity index (χ1) is 13.2. The third-order valence-corrected chi connectivity index (χ3v) is 4.35. The maximum Gasteiger partial charge on any atom is 0.433 e. The number of nitro groups is 1. The van der Waals surface area contributed by atoms with Gasteiger partial charge >= 0.3 is 5.88 Å². The fourth-order valence-corrected chi connectivity index (χ4v) is 3.16. The molecule has 0 saturated carbocycles. The summed E-state index contributed by atoms with van der Waals surface area (Å²) in [6.07, 6.45) is 2.97. The molecular weight excluding hydrogens is 368 g/mol. The molecule has 27 heavy (non-hydrogen) atoms. The first-order valence-corrected chi connectivity index (χ1v) is 8.71. The van der Waals surface area contributed by atoms with E-state index in [0.29, 0.717) is 16.3 Å². The average Bonchev–Trinajstić information content (AvgIpc) is 3.42. The van der Waals surface area contributed by atoms with E-state index in [1.807, 2.05) is 41.8 Å². The number of furan rings is 2. The van der Waals surface area contributed by atoms with Gasteiger partial charge in [-0.3, -0.25) is 10.1 Å². The molecule has 0 fully saturated rings. The largest absolute Gasteiger partial charge is 0.463 e. The van der Waals surface area contributed by atoms with Gasteiger partial charge in [0.1, 0.15) is 10.6 Å². The van der Waals surface area contributed by atoms with Crippen molar-refractivity contribution in [1.29, 1.82) is 0 Å². The number of hydrogen-bond acceptors (Lipinski definition) is 7. The predicted molar refractivity (Wildman–Crippen MR) is 100 cm³/mol. The van der Waals surface area contributed by atoms with Gasteiger partial charge in [-0.1, -0.05) is 18.2 Å². The quantitative estimate of drug-likeness (QED) is 0.290. The van der Waals surface area contributed by atoms with Crippen LogP contribution in [0.4, 0.5) is 11.6 Å². The highest BCUT2D eigenvalue weighted by Gasteiger charge is 2.12. The number of hydrogen-bond donors (Lipinski definition) is 0. The Morgan fingerprint density at radius 1 is 1.11 bits per heavy atom. The first kappa shape index (κ1) is 16.7. The molecule has 3 heterocycles. The van der Waals surface area contributed by atoms with Crippen LogP contribution in [-0.4, -0.2) is 15.8 Å². The summed E-state index contributed by atoms with van der Waals surface area (Å²) in [5, 5.41) is 17.0. The van der Waals surface area contributed by atoms with E-state index in [0.717, 1.165) is 5.69 Å². The first-order valence-electron chi connectivity index (χ1n) is 7.83. The number of thiazole rings is 1. The summed E-state index contributed by atoms with van der Waals surface area (Å²) in [4.78, 5) is 15.4. The van der Waals surface area contributed by atoms with Crippen LogP contribution in [0.2, 0.25) is 0 Å². The van der Waals surface area contributed by atoms with Crippen molar-refractivity contribution in [3.63, 3.8) is 0 Å². The molecule has 0 radical (unpaired) electrons. The van der Waals surface area contributed by atoms with Gasteiger partial charge in [0.25, 0.3) is 0 Å². The van der Waals surface area contributed by atoms with Gasteiger partial charge in [0, 0.05) is 5.38 Å². The van der Waals surface area contributed by atoms with E-state index in [4.69, 9.17) is 8.83 Å². The van der Waals surface area contributed by atoms with Crippen molar-refractivity contribution in [2.75, 3.05) is 0 Å². The molecule has 4 aromatic rings. The third kappa shape index (κ3) is 3.62. The van der Waals surface area contributed by atoms with Crippen LogP contribution in [-0.2, 0) is 0 Å². The van der Waals surface area contributed by atoms with Crippen molar-refractivity contribution in [3.05, 3.63) is 86.9 Å². The van der Waals surface area contributed by atoms with Crippen molar-refractivity contribution in [2.24, 2.45) is 10.1 Å². The summed E-state index contributed by atoms with van der Waals surface area (Å²) in [6.45, 7) is 0. The minimum Gasteiger partial charge on any atom is -0.463 e. The van der Waals surface area contributed by atoms with E-state index < -0.39 is 4.92 Å². The minimum atomic E-state index is -0.598. The Kier molecular flexibility index (Phi) is 4.50. The van der Waals surface area contributed by atoms with Crippen LogP contribution >= 0.6 is 11.3 Å². The zero-order valence-corrected chi connectivity index (χ0v) is 14.6. The summed E-state index contributed by atoms with van der Waals surface area (Å²) < 4.78 is 12.2. The number of nitrogens with zero attached hydrogens (tertiary/aromatic N) is 4. The smallest absolute Gasteiger partial charge is 0.433 e. The summed E-state index contributed by atoms with van der Waals surface area (Å²) in [7, 11) is 0. The van der Waals surface area contributed by atoms with Crippen LogP contribution < -0.4 is 4.80 Å². The molecule has 0 aliphatic heterocycles. The van der Waals surface area contributed by atoms with Gasteiger partial charge in [-0.25, -0.2) is 9.67 Å². The second kappa shape index (κ2) is 7.26. The standard InChI is InChI=1S/C18H12N4O4S/c23-22(24)17-9-8-14(26-17)11-19-21-15(16-7-4-10-25-16)12-27-18(21)20-13-5-2-1-3-6-13/h1-12H. The molecule has 9 heteroatoms. The highest BCUT2D eigenvalue weighted by atomic mass is 32.1. The lowest BCUT2D eigenvalue weighted by molar-refractivity contribution is -0.402. The lowest BCUT2D eigenvalue weighted by atomic mass is 10.3. The van der Waals surface area contributed by atoms with Gasteiger partial charge < -0.3 is 8.83 Å². The monoisotopic (exact) mass is 380 g/mol. The van der Waals surface area contributed by atoms with E-state index in [-0.39, 0.29) is 11.6 Å². The lowest BCUT2D eigenvalue weighted by Gasteiger charge is -1.99. The SMILES string of the molecule is O=[N+]([O-])c1ccc(C=Nn2c(-c3ccco3)csc2=Nc2ccccc2)o1. The molecule has 4 rings (SSSR count). The third-order valence-electron chi connectivity index (χ3n) is 3.53. The molecule has 8 nitrogen and oxygen atoms in total. The second-order valence-electron chi connectivity index (χ2n) is 5.32. The Hall–Kier alpha value is -3.72. The molecule has 0 saturated heterocycles. The zero-order valence-electron chi connectivity index (χ0n) is 13.8. The van der Waals surface area contributed by atoms with Crippen LogP contribution in [0, 0.1) is 10.1 Å². The molecule has 0 bridgehead atoms. The fourth-order valence-electron chi connectivity index (χ4n) is 2.32. The minimum absolute atomic E-state index is 0.261. The van der Waals surface area contributed by atoms with Crippen molar-refractivity contribution in [3.8, 4) is 11.5 Å². The summed E-state index contributed by atoms with van der Waals surface area (Å²) >= 11 is 1.40. The number of aromatic nitrogens is 1. The van der Waals surface area contributed by atoms with Crippen LogP contribution in [0.5, 0.6) is 0 Å². The van der Waals surface area contributed by atoms with Crippen LogP contribution in [0.25, 0.3) is 11.5 Å². The predicted octanol–water partition coefficient (Wildman–Crippen LogP) is 4.43. The van der Waals surface area contributed by atoms with Crippen molar-refractivity contribution >= 4 is 29.1 Å². The Balaban J connectivity index is 1.78. The molecule has 0 amide bonds. The van der Waals surface area contributed by atoms with Gasteiger partial charge in [0.2, 0.25) is 4.80 Å². The average molecular weight is 380 g/mol. The van der Waals surface area contributed by atoms with E-state index in [2.05, 4.69) is 10.1 Å². The van der Waals surface area contributed by atoms with E-state index in [1.165, 1.54) is 29.7 Å². The summed E-state index contributed by atoms with van der Waals surface area (Å²) in [6, 6.07) is 15.8. The molecular formula is C18H12N4O4S. The van der Waals surface area contributed by atoms with E-state index in [9.17, 15) is 10.1 Å². The van der Waals surface area contributed by atoms with E-state index >= 15 is 0 Å². The van der Waals surface area contributed by atoms with Crippen molar-refractivity contribution < 1.29 is 13.8 Å². The molecule has 0 N–H and O–H groups in total. The molecule has 1 aromatic carbocycles. The summed E-state index contributed by atoms with van der Waals surface area (Å²) in [5.74, 6) is 0.548. The highest BCUT2D eigenvalue weighted by molar-refractivity contribution is 7.07. The molecule has 0 atom stereocenters. The van der Waals surface area contributed by atoms with Gasteiger partial charge in [-0.2, -0.15) is 5.10 Å². The normalized spacial score (nSPS) is 12.1. The molecule has 0 aliphatic rings. The maximum absolute atomic E-state index is 10.8. The van der Waals surface area contributed by atoms with Crippen LogP contribution in [0.15, 0.2) is 85.2 Å². The molecule has 0 aliphatic carbocycles. The molecule has 3 aromatic heterocycles. The number of rotatable bonds is 5. The van der Waals surface area contributed by atoms with Gasteiger partial charge in [0.15, 0.2) is 11.5 Å². The summed E-state index contributed by atoms with van der Waals surface area (Å²) in [5.41, 5.74) is 1.49. The van der Waals surface area contributed by atoms with Crippen molar-refractivity contribution in [1.82, 2.24) is 4.68 Å². The Morgan fingerprint density at radius 2 is 1.96 bits per heavy atom. The zero-order chi connectivity index (χ0) is 18.6. The van der Waals surface area contributed by atoms with Crippen LogP contribution in [0.3, 0.4) is 0 Å². The number of benzene rings is 1. The van der Waals surface area contributed by atoms with Crippen molar-refractivity contribution in [2.45, 2.75) is 0 Å². The highest BCUT2D eigenvalue weighted by Crippen LogP contribution is 2.21.